The Morgan fingerprint density at radius 3 is 2.45 bits per heavy atom. The first kappa shape index (κ1) is 18.0. The highest BCUT2D eigenvalue weighted by atomic mass is 16.5. The van der Waals surface area contributed by atoms with Gasteiger partial charge < -0.3 is 10.1 Å². The number of hydrogen-bond donors (Lipinski definition) is 1. The maximum absolute atomic E-state index is 5.81. The highest BCUT2D eigenvalue weighted by Gasteiger charge is 2.34. The molecule has 2 nitrogen and oxygen atoms in total. The van der Waals surface area contributed by atoms with Gasteiger partial charge in [0.25, 0.3) is 0 Å². The van der Waals surface area contributed by atoms with Gasteiger partial charge in [0.15, 0.2) is 0 Å². The molecule has 0 unspecified atom stereocenters. The molecular formula is C18H37NO. The molecule has 1 aliphatic carbocycles. The predicted molar refractivity (Wildman–Crippen MR) is 88.2 cm³/mol. The molecule has 1 rings (SSSR count). The van der Waals surface area contributed by atoms with Crippen LogP contribution < -0.4 is 5.32 Å². The zero-order valence-electron chi connectivity index (χ0n) is 14.3. The maximum Gasteiger partial charge on any atom is 0.0518 e. The van der Waals surface area contributed by atoms with Crippen LogP contribution in [0, 0.1) is 11.3 Å². The molecule has 0 aromatic rings. The number of ether oxygens (including phenoxy) is 1. The lowest BCUT2D eigenvalue weighted by Gasteiger charge is -2.41. The summed E-state index contributed by atoms with van der Waals surface area (Å²) < 4.78 is 5.81. The third kappa shape index (κ3) is 6.58. The summed E-state index contributed by atoms with van der Waals surface area (Å²) in [5, 5.41) is 3.60. The van der Waals surface area contributed by atoms with E-state index in [2.05, 4.69) is 33.0 Å². The topological polar surface area (TPSA) is 21.3 Å². The van der Waals surface area contributed by atoms with Gasteiger partial charge in [0, 0.05) is 13.2 Å². The molecule has 1 N–H and O–H groups in total. The van der Waals surface area contributed by atoms with E-state index in [1.54, 1.807) is 0 Å². The molecule has 0 radical (unpaired) electrons. The Kier molecular flexibility index (Phi) is 8.79. The highest BCUT2D eigenvalue weighted by Crippen LogP contribution is 2.42. The fourth-order valence-corrected chi connectivity index (χ4v) is 3.49. The first-order valence-electron chi connectivity index (χ1n) is 8.94. The van der Waals surface area contributed by atoms with E-state index < -0.39 is 0 Å². The van der Waals surface area contributed by atoms with Gasteiger partial charge in [-0.05, 0) is 63.8 Å². The molecular weight excluding hydrogens is 246 g/mol. The highest BCUT2D eigenvalue weighted by molar-refractivity contribution is 4.87. The van der Waals surface area contributed by atoms with Crippen molar-refractivity contribution in [1.82, 2.24) is 5.32 Å². The lowest BCUT2D eigenvalue weighted by Crippen LogP contribution is -2.38. The lowest BCUT2D eigenvalue weighted by molar-refractivity contribution is 0.0323. The van der Waals surface area contributed by atoms with Gasteiger partial charge in [-0.15, -0.1) is 0 Å². The van der Waals surface area contributed by atoms with Crippen molar-refractivity contribution in [2.75, 3.05) is 19.7 Å². The third-order valence-corrected chi connectivity index (χ3v) is 4.97. The van der Waals surface area contributed by atoms with E-state index in [1.807, 2.05) is 0 Å². The Morgan fingerprint density at radius 2 is 1.90 bits per heavy atom. The van der Waals surface area contributed by atoms with E-state index >= 15 is 0 Å². The van der Waals surface area contributed by atoms with Crippen LogP contribution in [0.15, 0.2) is 0 Å². The standard InChI is InChI=1S/C18H37NO/c1-5-7-8-17-9-11-18(12-10-17,15-19-6-2)13-14-20-16(3)4/h16-17,19H,5-15H2,1-4H3. The van der Waals surface area contributed by atoms with Gasteiger partial charge >= 0.3 is 0 Å². The quantitative estimate of drug-likeness (QED) is 0.623. The monoisotopic (exact) mass is 283 g/mol. The van der Waals surface area contributed by atoms with E-state index in [1.165, 1.54) is 57.9 Å². The minimum atomic E-state index is 0.368. The Labute approximate surface area is 127 Å². The molecule has 1 saturated carbocycles. The smallest absolute Gasteiger partial charge is 0.0518 e. The van der Waals surface area contributed by atoms with Crippen LogP contribution in [0.5, 0.6) is 0 Å². The van der Waals surface area contributed by atoms with Crippen LogP contribution in [0.4, 0.5) is 0 Å². The van der Waals surface area contributed by atoms with Crippen molar-refractivity contribution >= 4 is 0 Å². The van der Waals surface area contributed by atoms with Crippen molar-refractivity contribution in [2.45, 2.75) is 85.2 Å². The van der Waals surface area contributed by atoms with Crippen LogP contribution in [-0.2, 0) is 4.74 Å². The van der Waals surface area contributed by atoms with E-state index in [-0.39, 0.29) is 0 Å². The Bertz CT molecular complexity index is 232. The van der Waals surface area contributed by atoms with Crippen molar-refractivity contribution in [3.63, 3.8) is 0 Å². The van der Waals surface area contributed by atoms with Gasteiger partial charge in [0.05, 0.1) is 6.10 Å². The molecule has 0 amide bonds. The molecule has 20 heavy (non-hydrogen) atoms. The van der Waals surface area contributed by atoms with Crippen LogP contribution in [0.3, 0.4) is 0 Å². The molecule has 0 spiro atoms. The molecule has 0 heterocycles. The van der Waals surface area contributed by atoms with Gasteiger partial charge in [-0.25, -0.2) is 0 Å². The number of rotatable bonds is 10. The lowest BCUT2D eigenvalue weighted by atomic mass is 9.67. The zero-order valence-corrected chi connectivity index (χ0v) is 14.3. The summed E-state index contributed by atoms with van der Waals surface area (Å²) in [7, 11) is 0. The molecule has 0 aliphatic heterocycles. The largest absolute Gasteiger partial charge is 0.379 e. The second kappa shape index (κ2) is 9.78. The summed E-state index contributed by atoms with van der Waals surface area (Å²) in [5.74, 6) is 0.996. The van der Waals surface area contributed by atoms with E-state index in [0.717, 1.165) is 19.1 Å². The van der Waals surface area contributed by atoms with Crippen LogP contribution >= 0.6 is 0 Å². The molecule has 0 aromatic carbocycles. The summed E-state index contributed by atoms with van der Waals surface area (Å²) in [5.41, 5.74) is 0.508. The minimum Gasteiger partial charge on any atom is -0.379 e. The molecule has 2 heteroatoms. The van der Waals surface area contributed by atoms with E-state index in [9.17, 15) is 0 Å². The van der Waals surface area contributed by atoms with Gasteiger partial charge in [-0.2, -0.15) is 0 Å². The second-order valence-corrected chi connectivity index (χ2v) is 7.04. The Balaban J connectivity index is 2.40. The fraction of sp³-hybridized carbons (Fsp3) is 1.00. The first-order chi connectivity index (χ1) is 9.62. The van der Waals surface area contributed by atoms with Crippen molar-refractivity contribution in [2.24, 2.45) is 11.3 Å². The molecule has 0 atom stereocenters. The van der Waals surface area contributed by atoms with Crippen LogP contribution in [0.25, 0.3) is 0 Å². The number of hydrogen-bond acceptors (Lipinski definition) is 2. The SMILES string of the molecule is CCCCC1CCC(CCOC(C)C)(CNCC)CC1. The normalized spacial score (nSPS) is 27.1. The molecule has 0 saturated heterocycles. The Morgan fingerprint density at radius 1 is 1.20 bits per heavy atom. The summed E-state index contributed by atoms with van der Waals surface area (Å²) in [6.07, 6.45) is 11.5. The average molecular weight is 284 g/mol. The maximum atomic E-state index is 5.81. The van der Waals surface area contributed by atoms with Crippen LogP contribution in [-0.4, -0.2) is 25.8 Å². The van der Waals surface area contributed by atoms with Crippen molar-refractivity contribution in [1.29, 1.82) is 0 Å². The molecule has 0 aromatic heterocycles. The van der Waals surface area contributed by atoms with E-state index in [4.69, 9.17) is 4.74 Å². The van der Waals surface area contributed by atoms with Crippen molar-refractivity contribution < 1.29 is 4.74 Å². The molecule has 1 aliphatic rings. The van der Waals surface area contributed by atoms with Crippen LogP contribution in [0.1, 0.15) is 79.1 Å². The van der Waals surface area contributed by atoms with Gasteiger partial charge in [-0.3, -0.25) is 0 Å². The zero-order chi connectivity index (χ0) is 14.8. The summed E-state index contributed by atoms with van der Waals surface area (Å²) in [6, 6.07) is 0. The minimum absolute atomic E-state index is 0.368. The molecule has 120 valence electrons. The third-order valence-electron chi connectivity index (χ3n) is 4.97. The second-order valence-electron chi connectivity index (χ2n) is 7.04. The average Bonchev–Trinajstić information content (AvgIpc) is 2.44. The van der Waals surface area contributed by atoms with Crippen molar-refractivity contribution in [3.05, 3.63) is 0 Å². The Hall–Kier alpha value is -0.0800. The van der Waals surface area contributed by atoms with Crippen molar-refractivity contribution in [3.8, 4) is 0 Å². The van der Waals surface area contributed by atoms with Crippen LogP contribution in [0.2, 0.25) is 0 Å². The summed E-state index contributed by atoms with van der Waals surface area (Å²) in [6.45, 7) is 12.0. The molecule has 0 bridgehead atoms. The summed E-state index contributed by atoms with van der Waals surface area (Å²) in [4.78, 5) is 0. The van der Waals surface area contributed by atoms with Gasteiger partial charge in [-0.1, -0.05) is 33.1 Å². The van der Waals surface area contributed by atoms with Gasteiger partial charge in [0.1, 0.15) is 0 Å². The molecule has 1 fully saturated rings. The predicted octanol–water partition coefficient (Wildman–Crippen LogP) is 4.78. The summed E-state index contributed by atoms with van der Waals surface area (Å²) >= 11 is 0. The fourth-order valence-electron chi connectivity index (χ4n) is 3.49. The first-order valence-corrected chi connectivity index (χ1v) is 8.94. The number of nitrogens with one attached hydrogen (secondary N) is 1. The number of unbranched alkanes of at least 4 members (excludes halogenated alkanes) is 1. The van der Waals surface area contributed by atoms with E-state index in [0.29, 0.717) is 11.5 Å². The van der Waals surface area contributed by atoms with Gasteiger partial charge in [0.2, 0.25) is 0 Å².